The van der Waals surface area contributed by atoms with Gasteiger partial charge in [-0.2, -0.15) is 0 Å². The van der Waals surface area contributed by atoms with Crippen LogP contribution in [0.25, 0.3) is 0 Å². The summed E-state index contributed by atoms with van der Waals surface area (Å²) in [6.45, 7) is 4.48. The minimum Gasteiger partial charge on any atom is -0.480 e. The molecular weight excluding hydrogens is 312 g/mol. The Kier molecular flexibility index (Phi) is 8.14. The van der Waals surface area contributed by atoms with E-state index in [0.29, 0.717) is 32.4 Å². The first-order chi connectivity index (χ1) is 11.3. The Morgan fingerprint density at radius 1 is 1.29 bits per heavy atom. The molecule has 0 aromatic rings. The molecule has 1 aliphatic rings. The molecule has 0 aromatic heterocycles. The van der Waals surface area contributed by atoms with Gasteiger partial charge in [-0.15, -0.1) is 0 Å². The number of aliphatic carboxylic acids is 1. The van der Waals surface area contributed by atoms with Gasteiger partial charge >= 0.3 is 5.97 Å². The summed E-state index contributed by atoms with van der Waals surface area (Å²) in [5, 5.41) is 11.7. The monoisotopic (exact) mass is 342 g/mol. The van der Waals surface area contributed by atoms with Crippen molar-refractivity contribution in [2.45, 2.75) is 64.1 Å². The molecule has 8 heteroatoms. The second kappa shape index (κ2) is 9.58. The molecule has 3 atom stereocenters. The van der Waals surface area contributed by atoms with E-state index in [9.17, 15) is 19.5 Å². The molecule has 1 rings (SSSR count). The molecule has 1 fully saturated rings. The summed E-state index contributed by atoms with van der Waals surface area (Å²) >= 11 is 0. The molecule has 1 saturated heterocycles. The Balaban J connectivity index is 2.68. The molecule has 2 amide bonds. The summed E-state index contributed by atoms with van der Waals surface area (Å²) in [7, 11) is 0. The number of nitrogens with one attached hydrogen (secondary N) is 1. The Morgan fingerprint density at radius 2 is 1.96 bits per heavy atom. The lowest BCUT2D eigenvalue weighted by atomic mass is 10.0. The number of nitrogens with zero attached hydrogens (tertiary/aromatic N) is 1. The fraction of sp³-hybridized carbons (Fsp3) is 0.812. The smallest absolute Gasteiger partial charge is 0.326 e. The van der Waals surface area contributed by atoms with Crippen LogP contribution in [-0.2, 0) is 14.4 Å². The van der Waals surface area contributed by atoms with E-state index >= 15 is 0 Å². The fourth-order valence-electron chi connectivity index (χ4n) is 2.91. The van der Waals surface area contributed by atoms with Crippen molar-refractivity contribution >= 4 is 17.8 Å². The molecule has 6 N–H and O–H groups in total. The van der Waals surface area contributed by atoms with E-state index in [4.69, 9.17) is 11.5 Å². The molecule has 0 unspecified atom stereocenters. The van der Waals surface area contributed by atoms with Crippen LogP contribution in [0.3, 0.4) is 0 Å². The third-order valence-corrected chi connectivity index (χ3v) is 4.36. The van der Waals surface area contributed by atoms with Crippen LogP contribution < -0.4 is 16.8 Å². The maximum Gasteiger partial charge on any atom is 0.326 e. The summed E-state index contributed by atoms with van der Waals surface area (Å²) < 4.78 is 0. The number of likely N-dealkylation sites (tertiary alicyclic amines) is 1. The van der Waals surface area contributed by atoms with Gasteiger partial charge in [-0.25, -0.2) is 4.79 Å². The lowest BCUT2D eigenvalue weighted by Gasteiger charge is -2.28. The highest BCUT2D eigenvalue weighted by molar-refractivity contribution is 5.92. The summed E-state index contributed by atoms with van der Waals surface area (Å²) in [5.74, 6) is -1.99. The summed E-state index contributed by atoms with van der Waals surface area (Å²) in [5.41, 5.74) is 11.4. The zero-order valence-electron chi connectivity index (χ0n) is 14.5. The Labute approximate surface area is 142 Å². The number of nitrogens with two attached hydrogens (primary N) is 2. The van der Waals surface area contributed by atoms with E-state index in [0.717, 1.165) is 12.8 Å². The van der Waals surface area contributed by atoms with Crippen LogP contribution in [-0.4, -0.2) is 59.0 Å². The van der Waals surface area contributed by atoms with Crippen LogP contribution in [0, 0.1) is 5.92 Å². The van der Waals surface area contributed by atoms with Gasteiger partial charge in [0.2, 0.25) is 11.8 Å². The van der Waals surface area contributed by atoms with Crippen molar-refractivity contribution in [1.82, 2.24) is 10.2 Å². The van der Waals surface area contributed by atoms with Crippen molar-refractivity contribution in [3.63, 3.8) is 0 Å². The SMILES string of the molecule is CC(C)[C@H](NC(=O)[C@@H]1CCCN1C(=O)[C@H](N)CCCCN)C(=O)O. The standard InChI is InChI=1S/C16H30N4O4/c1-10(2)13(16(23)24)19-14(21)12-7-5-9-20(12)15(22)11(18)6-3-4-8-17/h10-13H,3-9,17-18H2,1-2H3,(H,19,21)(H,23,24)/t11-,12+,13+/m1/s1. The first-order valence-corrected chi connectivity index (χ1v) is 8.58. The van der Waals surface area contributed by atoms with Crippen molar-refractivity contribution in [3.05, 3.63) is 0 Å². The molecule has 0 radical (unpaired) electrons. The van der Waals surface area contributed by atoms with Crippen molar-refractivity contribution < 1.29 is 19.5 Å². The fourth-order valence-corrected chi connectivity index (χ4v) is 2.91. The number of hydrogen-bond donors (Lipinski definition) is 4. The molecule has 1 aliphatic heterocycles. The maximum atomic E-state index is 12.5. The van der Waals surface area contributed by atoms with E-state index in [1.165, 1.54) is 4.90 Å². The van der Waals surface area contributed by atoms with Crippen LogP contribution in [0.2, 0.25) is 0 Å². The van der Waals surface area contributed by atoms with Gasteiger partial charge in [0.15, 0.2) is 0 Å². The van der Waals surface area contributed by atoms with Crippen LogP contribution >= 0.6 is 0 Å². The predicted octanol–water partition coefficient (Wildman–Crippen LogP) is -0.341. The Morgan fingerprint density at radius 3 is 2.50 bits per heavy atom. The number of carbonyl (C=O) groups excluding carboxylic acids is 2. The van der Waals surface area contributed by atoms with Gasteiger partial charge in [-0.1, -0.05) is 20.3 Å². The summed E-state index contributed by atoms with van der Waals surface area (Å²) in [6.07, 6.45) is 3.34. The quantitative estimate of drug-likeness (QED) is 0.423. The van der Waals surface area contributed by atoms with Gasteiger partial charge in [-0.3, -0.25) is 9.59 Å². The van der Waals surface area contributed by atoms with E-state index in [1.54, 1.807) is 13.8 Å². The second-order valence-electron chi connectivity index (χ2n) is 6.65. The normalized spacial score (nSPS) is 20.0. The highest BCUT2D eigenvalue weighted by Crippen LogP contribution is 2.20. The number of amides is 2. The van der Waals surface area contributed by atoms with Gasteiger partial charge in [0, 0.05) is 6.54 Å². The first-order valence-electron chi connectivity index (χ1n) is 8.58. The number of carboxylic acids is 1. The minimum atomic E-state index is -1.08. The zero-order chi connectivity index (χ0) is 18.3. The third-order valence-electron chi connectivity index (χ3n) is 4.36. The predicted molar refractivity (Wildman–Crippen MR) is 90.0 cm³/mol. The van der Waals surface area contributed by atoms with E-state index in [1.807, 2.05) is 0 Å². The average Bonchev–Trinajstić information content (AvgIpc) is 3.00. The molecule has 0 saturated carbocycles. The summed E-state index contributed by atoms with van der Waals surface area (Å²) in [6, 6.07) is -2.25. The Hall–Kier alpha value is -1.67. The number of carboxylic acid groups (broad SMARTS) is 1. The maximum absolute atomic E-state index is 12.5. The van der Waals surface area contributed by atoms with Gasteiger partial charge in [0.05, 0.1) is 6.04 Å². The Bertz CT molecular complexity index is 455. The average molecular weight is 342 g/mol. The highest BCUT2D eigenvalue weighted by atomic mass is 16.4. The van der Waals surface area contributed by atoms with Gasteiger partial charge in [0.1, 0.15) is 12.1 Å². The molecule has 0 spiro atoms. The molecule has 8 nitrogen and oxygen atoms in total. The van der Waals surface area contributed by atoms with E-state index < -0.39 is 30.0 Å². The lowest BCUT2D eigenvalue weighted by Crippen LogP contribution is -2.54. The van der Waals surface area contributed by atoms with Gasteiger partial charge in [0.25, 0.3) is 0 Å². The summed E-state index contributed by atoms with van der Waals surface area (Å²) in [4.78, 5) is 37.6. The van der Waals surface area contributed by atoms with E-state index in [2.05, 4.69) is 5.32 Å². The van der Waals surface area contributed by atoms with Crippen molar-refractivity contribution in [2.75, 3.05) is 13.1 Å². The van der Waals surface area contributed by atoms with Crippen molar-refractivity contribution in [3.8, 4) is 0 Å². The third kappa shape index (κ3) is 5.45. The van der Waals surface area contributed by atoms with Crippen LogP contribution in [0.1, 0.15) is 46.0 Å². The topological polar surface area (TPSA) is 139 Å². The molecule has 0 aliphatic carbocycles. The number of carbonyl (C=O) groups is 3. The van der Waals surface area contributed by atoms with Crippen LogP contribution in [0.4, 0.5) is 0 Å². The van der Waals surface area contributed by atoms with Crippen molar-refractivity contribution in [2.24, 2.45) is 17.4 Å². The highest BCUT2D eigenvalue weighted by Gasteiger charge is 2.37. The molecular formula is C16H30N4O4. The molecule has 0 bridgehead atoms. The second-order valence-corrected chi connectivity index (χ2v) is 6.65. The number of rotatable bonds is 9. The van der Waals surface area contributed by atoms with Crippen LogP contribution in [0.5, 0.6) is 0 Å². The van der Waals surface area contributed by atoms with E-state index in [-0.39, 0.29) is 11.8 Å². The van der Waals surface area contributed by atoms with Gasteiger partial charge < -0.3 is 26.8 Å². The first kappa shape index (κ1) is 20.4. The van der Waals surface area contributed by atoms with Gasteiger partial charge in [-0.05, 0) is 38.1 Å². The number of unbranched alkanes of at least 4 members (excludes halogenated alkanes) is 1. The van der Waals surface area contributed by atoms with Crippen molar-refractivity contribution in [1.29, 1.82) is 0 Å². The van der Waals surface area contributed by atoms with Crippen LogP contribution in [0.15, 0.2) is 0 Å². The number of hydrogen-bond acceptors (Lipinski definition) is 5. The zero-order valence-corrected chi connectivity index (χ0v) is 14.5. The molecule has 0 aromatic carbocycles. The largest absolute Gasteiger partial charge is 0.480 e. The molecule has 1 heterocycles. The lowest BCUT2D eigenvalue weighted by molar-refractivity contribution is -0.145. The molecule has 138 valence electrons. The minimum absolute atomic E-state index is 0.240. The molecule has 24 heavy (non-hydrogen) atoms.